The predicted molar refractivity (Wildman–Crippen MR) is 79.5 cm³/mol. The molecule has 1 unspecified atom stereocenters. The summed E-state index contributed by atoms with van der Waals surface area (Å²) < 4.78 is 14.6. The zero-order chi connectivity index (χ0) is 14.0. The van der Waals surface area contributed by atoms with Crippen LogP contribution < -0.4 is 11.3 Å². The molecule has 2 aromatic carbocycles. The molecule has 0 saturated carbocycles. The molecule has 100 valence electrons. The maximum Gasteiger partial charge on any atom is 0.142 e. The lowest BCUT2D eigenvalue weighted by atomic mass is 9.97. The van der Waals surface area contributed by atoms with E-state index < -0.39 is 6.04 Å². The fourth-order valence-electron chi connectivity index (χ4n) is 2.04. The van der Waals surface area contributed by atoms with E-state index in [0.717, 1.165) is 11.1 Å². The molecule has 2 rings (SSSR count). The molecule has 0 spiro atoms. The van der Waals surface area contributed by atoms with Crippen LogP contribution in [0.4, 0.5) is 4.39 Å². The van der Waals surface area contributed by atoms with Crippen LogP contribution in [0.25, 0.3) is 0 Å². The largest absolute Gasteiger partial charge is 0.271 e. The lowest BCUT2D eigenvalue weighted by Crippen LogP contribution is -2.29. The van der Waals surface area contributed by atoms with Gasteiger partial charge in [-0.05, 0) is 52.2 Å². The van der Waals surface area contributed by atoms with E-state index in [4.69, 9.17) is 17.4 Å². The Bertz CT molecular complexity index is 584. The SMILES string of the molecule is Cc1cc(Cl)cc(C(NN)c2cccc(Br)c2F)c1. The highest BCUT2D eigenvalue weighted by molar-refractivity contribution is 9.10. The summed E-state index contributed by atoms with van der Waals surface area (Å²) in [7, 11) is 0. The highest BCUT2D eigenvalue weighted by Gasteiger charge is 2.18. The van der Waals surface area contributed by atoms with Gasteiger partial charge in [-0.2, -0.15) is 0 Å². The highest BCUT2D eigenvalue weighted by Crippen LogP contribution is 2.29. The molecule has 0 heterocycles. The van der Waals surface area contributed by atoms with Gasteiger partial charge in [-0.25, -0.2) is 9.82 Å². The summed E-state index contributed by atoms with van der Waals surface area (Å²) in [6.45, 7) is 1.93. The van der Waals surface area contributed by atoms with Crippen LogP contribution in [0.5, 0.6) is 0 Å². The van der Waals surface area contributed by atoms with Crippen LogP contribution in [0.2, 0.25) is 5.02 Å². The van der Waals surface area contributed by atoms with Gasteiger partial charge in [-0.3, -0.25) is 5.84 Å². The van der Waals surface area contributed by atoms with Gasteiger partial charge in [-0.1, -0.05) is 29.8 Å². The van der Waals surface area contributed by atoms with Crippen molar-refractivity contribution in [3.05, 3.63) is 68.4 Å². The van der Waals surface area contributed by atoms with E-state index >= 15 is 0 Å². The van der Waals surface area contributed by atoms with Gasteiger partial charge in [0.1, 0.15) is 5.82 Å². The average molecular weight is 344 g/mol. The molecule has 0 aliphatic rings. The van der Waals surface area contributed by atoms with Crippen molar-refractivity contribution in [1.29, 1.82) is 0 Å². The summed E-state index contributed by atoms with van der Waals surface area (Å²) in [4.78, 5) is 0. The first-order valence-corrected chi connectivity index (χ1v) is 6.87. The Labute approximate surface area is 124 Å². The molecule has 3 N–H and O–H groups in total. The number of aryl methyl sites for hydroxylation is 1. The van der Waals surface area contributed by atoms with Crippen molar-refractivity contribution in [3.8, 4) is 0 Å². The molecule has 0 amide bonds. The maximum absolute atomic E-state index is 14.2. The van der Waals surface area contributed by atoms with Gasteiger partial charge >= 0.3 is 0 Å². The van der Waals surface area contributed by atoms with Crippen molar-refractivity contribution in [3.63, 3.8) is 0 Å². The van der Waals surface area contributed by atoms with E-state index in [0.29, 0.717) is 15.1 Å². The molecule has 2 nitrogen and oxygen atoms in total. The van der Waals surface area contributed by atoms with E-state index in [9.17, 15) is 4.39 Å². The van der Waals surface area contributed by atoms with Crippen molar-refractivity contribution < 1.29 is 4.39 Å². The quantitative estimate of drug-likeness (QED) is 0.650. The first kappa shape index (κ1) is 14.5. The molecule has 0 saturated heterocycles. The van der Waals surface area contributed by atoms with Crippen molar-refractivity contribution in [2.75, 3.05) is 0 Å². The maximum atomic E-state index is 14.2. The Morgan fingerprint density at radius 2 is 2.05 bits per heavy atom. The molecule has 0 aliphatic heterocycles. The molecule has 5 heteroatoms. The van der Waals surface area contributed by atoms with Crippen molar-refractivity contribution in [1.82, 2.24) is 5.43 Å². The lowest BCUT2D eigenvalue weighted by molar-refractivity contribution is 0.556. The number of hydrazine groups is 1. The Kier molecular flexibility index (Phi) is 4.58. The number of halogens is 3. The third-order valence-electron chi connectivity index (χ3n) is 2.86. The smallest absolute Gasteiger partial charge is 0.142 e. The van der Waals surface area contributed by atoms with Crippen LogP contribution in [0.15, 0.2) is 40.9 Å². The van der Waals surface area contributed by atoms with Crippen LogP contribution in [0.3, 0.4) is 0 Å². The number of nitrogens with one attached hydrogen (secondary N) is 1. The number of rotatable bonds is 3. The minimum atomic E-state index is -0.449. The summed E-state index contributed by atoms with van der Waals surface area (Å²) >= 11 is 9.21. The molecule has 0 radical (unpaired) electrons. The summed E-state index contributed by atoms with van der Waals surface area (Å²) in [6.07, 6.45) is 0. The fourth-order valence-corrected chi connectivity index (χ4v) is 2.72. The van der Waals surface area contributed by atoms with Gasteiger partial charge in [-0.15, -0.1) is 0 Å². The van der Waals surface area contributed by atoms with E-state index in [1.807, 2.05) is 19.1 Å². The topological polar surface area (TPSA) is 38.0 Å². The van der Waals surface area contributed by atoms with E-state index in [1.165, 1.54) is 0 Å². The van der Waals surface area contributed by atoms with Crippen LogP contribution in [-0.4, -0.2) is 0 Å². The molecule has 2 aromatic rings. The minimum absolute atomic E-state index is 0.330. The fraction of sp³-hybridized carbons (Fsp3) is 0.143. The average Bonchev–Trinajstić information content (AvgIpc) is 2.34. The third-order valence-corrected chi connectivity index (χ3v) is 3.69. The Hall–Kier alpha value is -0.940. The van der Waals surface area contributed by atoms with Crippen LogP contribution in [-0.2, 0) is 0 Å². The molecule has 0 aliphatic carbocycles. The standard InChI is InChI=1S/C14H13BrClFN2/c1-8-5-9(7-10(16)6-8)14(19-18)11-3-2-4-12(15)13(11)17/h2-7,14,19H,18H2,1H3. The zero-order valence-corrected chi connectivity index (χ0v) is 12.6. The van der Waals surface area contributed by atoms with Crippen molar-refractivity contribution in [2.24, 2.45) is 5.84 Å². The third kappa shape index (κ3) is 3.15. The van der Waals surface area contributed by atoms with E-state index in [2.05, 4.69) is 21.4 Å². The van der Waals surface area contributed by atoms with Crippen molar-refractivity contribution >= 4 is 27.5 Å². The minimum Gasteiger partial charge on any atom is -0.271 e. The predicted octanol–water partition coefficient (Wildman–Crippen LogP) is 4.10. The molecule has 19 heavy (non-hydrogen) atoms. The Morgan fingerprint density at radius 1 is 1.32 bits per heavy atom. The second-order valence-corrected chi connectivity index (χ2v) is 5.60. The van der Waals surface area contributed by atoms with Gasteiger partial charge < -0.3 is 0 Å². The first-order valence-electron chi connectivity index (χ1n) is 5.70. The molecule has 0 fully saturated rings. The normalized spacial score (nSPS) is 12.5. The molecular formula is C14H13BrClFN2. The number of hydrogen-bond acceptors (Lipinski definition) is 2. The van der Waals surface area contributed by atoms with Gasteiger partial charge in [0.25, 0.3) is 0 Å². The van der Waals surface area contributed by atoms with Crippen LogP contribution in [0, 0.1) is 12.7 Å². The van der Waals surface area contributed by atoms with Crippen LogP contribution in [0.1, 0.15) is 22.7 Å². The second-order valence-electron chi connectivity index (χ2n) is 4.30. The van der Waals surface area contributed by atoms with Crippen LogP contribution >= 0.6 is 27.5 Å². The Morgan fingerprint density at radius 3 is 2.68 bits per heavy atom. The zero-order valence-electron chi connectivity index (χ0n) is 10.3. The molecule has 0 aromatic heterocycles. The number of hydrogen-bond donors (Lipinski definition) is 2. The number of nitrogens with two attached hydrogens (primary N) is 1. The van der Waals surface area contributed by atoms with Gasteiger partial charge in [0, 0.05) is 10.6 Å². The lowest BCUT2D eigenvalue weighted by Gasteiger charge is -2.19. The first-order chi connectivity index (χ1) is 9.02. The Balaban J connectivity index is 2.53. The van der Waals surface area contributed by atoms with E-state index in [1.54, 1.807) is 24.3 Å². The van der Waals surface area contributed by atoms with Crippen molar-refractivity contribution in [2.45, 2.75) is 13.0 Å². The summed E-state index contributed by atoms with van der Waals surface area (Å²) in [5.41, 5.74) is 4.93. The molecule has 1 atom stereocenters. The molecular weight excluding hydrogens is 331 g/mol. The summed E-state index contributed by atoms with van der Waals surface area (Å²) in [5, 5.41) is 0.602. The summed E-state index contributed by atoms with van der Waals surface area (Å²) in [6, 6.07) is 10.2. The van der Waals surface area contributed by atoms with Gasteiger partial charge in [0.05, 0.1) is 10.5 Å². The molecule has 0 bridgehead atoms. The second kappa shape index (κ2) is 6.01. The monoisotopic (exact) mass is 342 g/mol. The summed E-state index contributed by atoms with van der Waals surface area (Å²) in [5.74, 6) is 5.25. The number of benzene rings is 2. The van der Waals surface area contributed by atoms with Gasteiger partial charge in [0.15, 0.2) is 0 Å². The van der Waals surface area contributed by atoms with Gasteiger partial charge in [0.2, 0.25) is 0 Å². The highest BCUT2D eigenvalue weighted by atomic mass is 79.9. The van der Waals surface area contributed by atoms with E-state index in [-0.39, 0.29) is 5.82 Å².